The SMILES string of the molecule is COc1cccc(C2(O)CCCCC2(CN(C)C)OC(=O)c2ccccc2O)c1. The number of hydrogen-bond donors (Lipinski definition) is 2. The van der Waals surface area contributed by atoms with Crippen LogP contribution in [0.5, 0.6) is 11.5 Å². The summed E-state index contributed by atoms with van der Waals surface area (Å²) in [4.78, 5) is 14.9. The molecule has 156 valence electrons. The van der Waals surface area contributed by atoms with E-state index in [1.807, 2.05) is 37.2 Å². The molecule has 1 fully saturated rings. The van der Waals surface area contributed by atoms with Gasteiger partial charge < -0.3 is 24.6 Å². The fourth-order valence-electron chi connectivity index (χ4n) is 4.28. The lowest BCUT2D eigenvalue weighted by Gasteiger charge is -2.50. The number of hydrogen-bond acceptors (Lipinski definition) is 6. The van der Waals surface area contributed by atoms with Crippen LogP contribution in [0.25, 0.3) is 0 Å². The molecule has 3 rings (SSSR count). The summed E-state index contributed by atoms with van der Waals surface area (Å²) in [7, 11) is 5.35. The van der Waals surface area contributed by atoms with Crippen molar-refractivity contribution in [3.8, 4) is 11.5 Å². The minimum absolute atomic E-state index is 0.0872. The molecule has 0 amide bonds. The Morgan fingerprint density at radius 2 is 1.83 bits per heavy atom. The van der Waals surface area contributed by atoms with Crippen molar-refractivity contribution in [2.75, 3.05) is 27.7 Å². The van der Waals surface area contributed by atoms with Crippen LogP contribution >= 0.6 is 0 Å². The largest absolute Gasteiger partial charge is 0.507 e. The van der Waals surface area contributed by atoms with Crippen molar-refractivity contribution in [1.82, 2.24) is 4.90 Å². The number of aliphatic hydroxyl groups is 1. The molecule has 1 saturated carbocycles. The Bertz CT molecular complexity index is 868. The highest BCUT2D eigenvalue weighted by Crippen LogP contribution is 2.48. The molecule has 6 heteroatoms. The normalized spacial score (nSPS) is 24.3. The first-order chi connectivity index (χ1) is 13.8. The Morgan fingerprint density at radius 3 is 2.52 bits per heavy atom. The number of nitrogens with zero attached hydrogens (tertiary/aromatic N) is 1. The summed E-state index contributed by atoms with van der Waals surface area (Å²) in [5, 5.41) is 22.1. The molecule has 0 heterocycles. The number of rotatable bonds is 6. The molecule has 6 nitrogen and oxygen atoms in total. The van der Waals surface area contributed by atoms with Gasteiger partial charge in [0.05, 0.1) is 7.11 Å². The second kappa shape index (κ2) is 8.43. The molecule has 0 radical (unpaired) electrons. The van der Waals surface area contributed by atoms with Gasteiger partial charge in [0.1, 0.15) is 22.7 Å². The average molecular weight is 399 g/mol. The minimum atomic E-state index is -1.38. The zero-order valence-electron chi connectivity index (χ0n) is 17.2. The van der Waals surface area contributed by atoms with Crippen LogP contribution in [0.15, 0.2) is 48.5 Å². The lowest BCUT2D eigenvalue weighted by atomic mass is 9.67. The number of benzene rings is 2. The molecule has 0 aliphatic heterocycles. The smallest absolute Gasteiger partial charge is 0.342 e. The molecule has 0 saturated heterocycles. The van der Waals surface area contributed by atoms with E-state index >= 15 is 0 Å². The Balaban J connectivity index is 2.07. The highest BCUT2D eigenvalue weighted by atomic mass is 16.6. The van der Waals surface area contributed by atoms with Crippen LogP contribution in [-0.4, -0.2) is 54.4 Å². The molecule has 2 aromatic rings. The van der Waals surface area contributed by atoms with Crippen LogP contribution in [0.4, 0.5) is 0 Å². The van der Waals surface area contributed by atoms with E-state index in [1.165, 1.54) is 12.1 Å². The highest BCUT2D eigenvalue weighted by Gasteiger charge is 2.56. The zero-order valence-corrected chi connectivity index (χ0v) is 17.2. The highest BCUT2D eigenvalue weighted by molar-refractivity contribution is 5.92. The van der Waals surface area contributed by atoms with E-state index in [0.29, 0.717) is 30.7 Å². The predicted octanol–water partition coefficient (Wildman–Crippen LogP) is 3.32. The van der Waals surface area contributed by atoms with Crippen molar-refractivity contribution in [2.24, 2.45) is 0 Å². The minimum Gasteiger partial charge on any atom is -0.507 e. The number of ether oxygens (including phenoxy) is 2. The van der Waals surface area contributed by atoms with Gasteiger partial charge in [-0.1, -0.05) is 24.3 Å². The van der Waals surface area contributed by atoms with Gasteiger partial charge in [0.15, 0.2) is 5.60 Å². The van der Waals surface area contributed by atoms with Crippen LogP contribution in [0.3, 0.4) is 0 Å². The second-order valence-electron chi connectivity index (χ2n) is 7.94. The molecular weight excluding hydrogens is 370 g/mol. The number of carbonyl (C=O) groups excluding carboxylic acids is 1. The average Bonchev–Trinajstić information content (AvgIpc) is 2.70. The quantitative estimate of drug-likeness (QED) is 0.726. The molecule has 0 aromatic heterocycles. The topological polar surface area (TPSA) is 79.2 Å². The first kappa shape index (κ1) is 21.1. The van der Waals surface area contributed by atoms with Crippen LogP contribution in [-0.2, 0) is 10.3 Å². The third-order valence-corrected chi connectivity index (χ3v) is 5.65. The summed E-state index contributed by atoms with van der Waals surface area (Å²) < 4.78 is 11.4. The molecule has 2 unspecified atom stereocenters. The standard InChI is InChI=1S/C23H29NO5/c1-24(2)16-22(29-21(26)19-11-4-5-12-20(19)25)13-6-7-14-23(22,27)17-9-8-10-18(15-17)28-3/h4-5,8-12,15,25,27H,6-7,13-14,16H2,1-3H3. The number of carbonyl (C=O) groups is 1. The molecule has 2 N–H and O–H groups in total. The molecule has 0 bridgehead atoms. The van der Waals surface area contributed by atoms with Crippen molar-refractivity contribution in [3.05, 3.63) is 59.7 Å². The van der Waals surface area contributed by atoms with E-state index in [-0.39, 0.29) is 11.3 Å². The molecule has 29 heavy (non-hydrogen) atoms. The lowest BCUT2D eigenvalue weighted by molar-refractivity contribution is -0.190. The van der Waals surface area contributed by atoms with Gasteiger partial charge >= 0.3 is 5.97 Å². The molecule has 0 spiro atoms. The Kier molecular flexibility index (Phi) is 6.15. The number of likely N-dealkylation sites (N-methyl/N-ethyl adjacent to an activating group) is 1. The van der Waals surface area contributed by atoms with Gasteiger partial charge in [0.25, 0.3) is 0 Å². The summed E-state index contributed by atoms with van der Waals surface area (Å²) in [6.45, 7) is 0.347. The lowest BCUT2D eigenvalue weighted by Crippen LogP contribution is -2.61. The molecule has 1 aliphatic rings. The van der Waals surface area contributed by atoms with E-state index < -0.39 is 17.2 Å². The van der Waals surface area contributed by atoms with Crippen molar-refractivity contribution in [1.29, 1.82) is 0 Å². The Labute approximate surface area is 171 Å². The van der Waals surface area contributed by atoms with E-state index in [4.69, 9.17) is 9.47 Å². The second-order valence-corrected chi connectivity index (χ2v) is 7.94. The summed E-state index contributed by atoms with van der Waals surface area (Å²) in [5.41, 5.74) is -1.81. The maximum absolute atomic E-state index is 13.0. The summed E-state index contributed by atoms with van der Waals surface area (Å²) in [6.07, 6.45) is 2.62. The van der Waals surface area contributed by atoms with E-state index in [1.54, 1.807) is 25.3 Å². The van der Waals surface area contributed by atoms with E-state index in [9.17, 15) is 15.0 Å². The number of methoxy groups -OCH3 is 1. The summed E-state index contributed by atoms with van der Waals surface area (Å²) >= 11 is 0. The first-order valence-electron chi connectivity index (χ1n) is 9.84. The number of phenolic OH excluding ortho intramolecular Hbond substituents is 1. The van der Waals surface area contributed by atoms with Crippen LogP contribution in [0.1, 0.15) is 41.6 Å². The number of phenols is 1. The fourth-order valence-corrected chi connectivity index (χ4v) is 4.28. The zero-order chi connectivity index (χ0) is 21.1. The van der Waals surface area contributed by atoms with Gasteiger partial charge in [0.2, 0.25) is 0 Å². The number of para-hydroxylation sites is 1. The van der Waals surface area contributed by atoms with E-state index in [2.05, 4.69) is 0 Å². The van der Waals surface area contributed by atoms with Gasteiger partial charge in [-0.15, -0.1) is 0 Å². The van der Waals surface area contributed by atoms with Gasteiger partial charge in [-0.3, -0.25) is 0 Å². The number of esters is 1. The third kappa shape index (κ3) is 4.09. The third-order valence-electron chi connectivity index (χ3n) is 5.65. The van der Waals surface area contributed by atoms with Crippen molar-refractivity contribution < 1.29 is 24.5 Å². The monoisotopic (exact) mass is 399 g/mol. The molecule has 2 atom stereocenters. The van der Waals surface area contributed by atoms with Gasteiger partial charge in [-0.2, -0.15) is 0 Å². The maximum Gasteiger partial charge on any atom is 0.342 e. The fraction of sp³-hybridized carbons (Fsp3) is 0.435. The summed E-state index contributed by atoms with van der Waals surface area (Å²) in [6, 6.07) is 13.6. The molecule has 2 aromatic carbocycles. The van der Waals surface area contributed by atoms with Gasteiger partial charge in [-0.25, -0.2) is 4.79 Å². The van der Waals surface area contributed by atoms with Crippen LogP contribution in [0.2, 0.25) is 0 Å². The maximum atomic E-state index is 13.0. The first-order valence-corrected chi connectivity index (χ1v) is 9.84. The molecule has 1 aliphatic carbocycles. The van der Waals surface area contributed by atoms with Gasteiger partial charge in [0, 0.05) is 6.54 Å². The molecular formula is C23H29NO5. The van der Waals surface area contributed by atoms with Crippen molar-refractivity contribution in [2.45, 2.75) is 36.9 Å². The van der Waals surface area contributed by atoms with E-state index in [0.717, 1.165) is 12.8 Å². The van der Waals surface area contributed by atoms with Crippen LogP contribution < -0.4 is 4.74 Å². The predicted molar refractivity (Wildman–Crippen MR) is 110 cm³/mol. The Morgan fingerprint density at radius 1 is 1.10 bits per heavy atom. The Hall–Kier alpha value is -2.57. The van der Waals surface area contributed by atoms with Crippen molar-refractivity contribution in [3.63, 3.8) is 0 Å². The summed E-state index contributed by atoms with van der Waals surface area (Å²) in [5.74, 6) is -0.154. The number of aromatic hydroxyl groups is 1. The van der Waals surface area contributed by atoms with Crippen LogP contribution in [0, 0.1) is 0 Å². The van der Waals surface area contributed by atoms with Crippen molar-refractivity contribution >= 4 is 5.97 Å². The van der Waals surface area contributed by atoms with Gasteiger partial charge in [-0.05, 0) is 69.6 Å².